The van der Waals surface area contributed by atoms with E-state index in [0.29, 0.717) is 5.78 Å². The molecule has 3 rings (SSSR count). The first kappa shape index (κ1) is 21.1. The molecule has 1 saturated heterocycles. The zero-order chi connectivity index (χ0) is 20.1. The topological polar surface area (TPSA) is 98.2 Å². The van der Waals surface area contributed by atoms with Crippen molar-refractivity contribution in [3.63, 3.8) is 0 Å². The number of carbonyl (C=O) groups is 3. The van der Waals surface area contributed by atoms with Gasteiger partial charge in [-0.15, -0.1) is 0 Å². The van der Waals surface area contributed by atoms with Gasteiger partial charge >= 0.3 is 11.9 Å². The van der Waals surface area contributed by atoms with Crippen molar-refractivity contribution in [2.45, 2.75) is 39.2 Å². The van der Waals surface area contributed by atoms with Crippen LogP contribution < -0.4 is 0 Å². The minimum absolute atomic E-state index is 0.0991. The third-order valence-corrected chi connectivity index (χ3v) is 5.37. The van der Waals surface area contributed by atoms with Gasteiger partial charge in [-0.1, -0.05) is 6.07 Å². The normalized spacial score (nSPS) is 20.9. The van der Waals surface area contributed by atoms with Crippen molar-refractivity contribution in [3.05, 3.63) is 34.4 Å². The predicted molar refractivity (Wildman–Crippen MR) is 101 cm³/mol. The molecule has 0 spiro atoms. The SMILES string of the molecule is Cc1cc2c(cc1C)C(=O)C(N1CCN(C)CC1)CCC2.O=C(O)C(=O)O. The number of hydrogen-bond acceptors (Lipinski definition) is 5. The molecule has 2 N–H and O–H groups in total. The number of benzene rings is 1. The van der Waals surface area contributed by atoms with E-state index in [4.69, 9.17) is 19.8 Å². The molecule has 1 aliphatic carbocycles. The Hall–Kier alpha value is -2.25. The van der Waals surface area contributed by atoms with Crippen LogP contribution in [0.2, 0.25) is 0 Å². The van der Waals surface area contributed by atoms with Crippen LogP contribution >= 0.6 is 0 Å². The van der Waals surface area contributed by atoms with Gasteiger partial charge in [0.1, 0.15) is 0 Å². The minimum Gasteiger partial charge on any atom is -0.473 e. The van der Waals surface area contributed by atoms with Crippen LogP contribution in [0.15, 0.2) is 12.1 Å². The second-order valence-corrected chi connectivity index (χ2v) is 7.32. The summed E-state index contributed by atoms with van der Waals surface area (Å²) in [6, 6.07) is 4.46. The summed E-state index contributed by atoms with van der Waals surface area (Å²) < 4.78 is 0. The number of aliphatic carboxylic acids is 2. The lowest BCUT2D eigenvalue weighted by molar-refractivity contribution is -0.159. The molecule has 27 heavy (non-hydrogen) atoms. The van der Waals surface area contributed by atoms with Crippen LogP contribution in [0.5, 0.6) is 0 Å². The molecule has 0 aromatic heterocycles. The van der Waals surface area contributed by atoms with Crippen molar-refractivity contribution in [2.75, 3.05) is 33.2 Å². The monoisotopic (exact) mass is 376 g/mol. The number of likely N-dealkylation sites (N-methyl/N-ethyl adjacent to an activating group) is 1. The summed E-state index contributed by atoms with van der Waals surface area (Å²) in [6.07, 6.45) is 3.18. The predicted octanol–water partition coefficient (Wildman–Crippen LogP) is 1.59. The molecule has 1 aliphatic heterocycles. The van der Waals surface area contributed by atoms with E-state index < -0.39 is 11.9 Å². The largest absolute Gasteiger partial charge is 0.473 e. The lowest BCUT2D eigenvalue weighted by atomic mass is 9.94. The fraction of sp³-hybridized carbons (Fsp3) is 0.550. The van der Waals surface area contributed by atoms with Crippen LogP contribution in [0.25, 0.3) is 0 Å². The van der Waals surface area contributed by atoms with Gasteiger partial charge in [0, 0.05) is 31.7 Å². The molecule has 7 heteroatoms. The maximum atomic E-state index is 13.0. The van der Waals surface area contributed by atoms with Crippen LogP contribution in [-0.4, -0.2) is 77.0 Å². The molecule has 0 amide bonds. The number of hydrogen-bond donors (Lipinski definition) is 2. The molecule has 1 fully saturated rings. The van der Waals surface area contributed by atoms with E-state index in [1.807, 2.05) is 0 Å². The Labute approximate surface area is 159 Å². The number of aryl methyl sites for hydroxylation is 3. The summed E-state index contributed by atoms with van der Waals surface area (Å²) in [5.74, 6) is -3.29. The zero-order valence-corrected chi connectivity index (χ0v) is 16.2. The number of carboxylic acids is 2. The molecule has 148 valence electrons. The first-order valence-electron chi connectivity index (χ1n) is 9.24. The molecule has 1 atom stereocenters. The van der Waals surface area contributed by atoms with Crippen molar-refractivity contribution in [1.82, 2.24) is 9.80 Å². The van der Waals surface area contributed by atoms with Gasteiger partial charge in [0.2, 0.25) is 0 Å². The van der Waals surface area contributed by atoms with Gasteiger partial charge in [0.05, 0.1) is 6.04 Å². The first-order chi connectivity index (χ1) is 12.7. The van der Waals surface area contributed by atoms with Gasteiger partial charge in [-0.3, -0.25) is 9.69 Å². The highest BCUT2D eigenvalue weighted by molar-refractivity contribution is 6.27. The van der Waals surface area contributed by atoms with Crippen LogP contribution in [-0.2, 0) is 16.0 Å². The summed E-state index contributed by atoms with van der Waals surface area (Å²) in [5.41, 5.74) is 4.79. The van der Waals surface area contributed by atoms with Crippen LogP contribution in [0.1, 0.15) is 39.9 Å². The highest BCUT2D eigenvalue weighted by Gasteiger charge is 2.31. The van der Waals surface area contributed by atoms with Gasteiger partial charge in [0.15, 0.2) is 5.78 Å². The summed E-state index contributed by atoms with van der Waals surface area (Å²) in [5, 5.41) is 14.8. The number of piperazine rings is 1. The van der Waals surface area contributed by atoms with Gasteiger partial charge < -0.3 is 15.1 Å². The zero-order valence-electron chi connectivity index (χ0n) is 16.2. The molecule has 1 aromatic carbocycles. The average Bonchev–Trinajstić information content (AvgIpc) is 2.76. The van der Waals surface area contributed by atoms with E-state index in [0.717, 1.165) is 51.0 Å². The Morgan fingerprint density at radius 2 is 1.56 bits per heavy atom. The van der Waals surface area contributed by atoms with Gasteiger partial charge in [-0.2, -0.15) is 0 Å². The van der Waals surface area contributed by atoms with Crippen molar-refractivity contribution in [3.8, 4) is 0 Å². The molecule has 1 heterocycles. The summed E-state index contributed by atoms with van der Waals surface area (Å²) in [7, 11) is 2.16. The van der Waals surface area contributed by atoms with Gasteiger partial charge in [-0.05, 0) is 62.9 Å². The highest BCUT2D eigenvalue weighted by Crippen LogP contribution is 2.27. The molecule has 7 nitrogen and oxygen atoms in total. The molecule has 1 aromatic rings. The molecule has 2 aliphatic rings. The number of ketones is 1. The third kappa shape index (κ3) is 5.37. The second-order valence-electron chi connectivity index (χ2n) is 7.32. The van der Waals surface area contributed by atoms with Crippen molar-refractivity contribution in [1.29, 1.82) is 0 Å². The smallest absolute Gasteiger partial charge is 0.414 e. The van der Waals surface area contributed by atoms with Gasteiger partial charge in [-0.25, -0.2) is 9.59 Å². The number of rotatable bonds is 1. The van der Waals surface area contributed by atoms with Gasteiger partial charge in [0.25, 0.3) is 0 Å². The maximum absolute atomic E-state index is 13.0. The number of fused-ring (bicyclic) bond motifs is 1. The molecular formula is C20H28N2O5. The second kappa shape index (κ2) is 9.10. The Kier molecular flexibility index (Phi) is 7.10. The number of carboxylic acid groups (broad SMARTS) is 2. The average molecular weight is 376 g/mol. The lowest BCUT2D eigenvalue weighted by Gasteiger charge is -2.37. The Bertz CT molecular complexity index is 711. The van der Waals surface area contributed by atoms with E-state index in [1.54, 1.807) is 0 Å². The summed E-state index contributed by atoms with van der Waals surface area (Å²) in [6.45, 7) is 8.44. The maximum Gasteiger partial charge on any atom is 0.414 e. The van der Waals surface area contributed by atoms with Crippen molar-refractivity contribution < 1.29 is 24.6 Å². The number of Topliss-reactive ketones (excluding diaryl/α,β-unsaturated/α-hetero) is 1. The number of carbonyl (C=O) groups excluding carboxylic acids is 1. The van der Waals surface area contributed by atoms with E-state index >= 15 is 0 Å². The van der Waals surface area contributed by atoms with Crippen molar-refractivity contribution >= 4 is 17.7 Å². The fourth-order valence-corrected chi connectivity index (χ4v) is 3.59. The summed E-state index contributed by atoms with van der Waals surface area (Å²) in [4.78, 5) is 36.0. The third-order valence-electron chi connectivity index (χ3n) is 5.37. The molecular weight excluding hydrogens is 348 g/mol. The molecule has 0 saturated carbocycles. The summed E-state index contributed by atoms with van der Waals surface area (Å²) >= 11 is 0. The highest BCUT2D eigenvalue weighted by atomic mass is 16.4. The first-order valence-corrected chi connectivity index (χ1v) is 9.24. The quantitative estimate of drug-likeness (QED) is 0.567. The van der Waals surface area contributed by atoms with E-state index in [2.05, 4.69) is 42.8 Å². The molecule has 0 bridgehead atoms. The lowest BCUT2D eigenvalue weighted by Crippen LogP contribution is -2.51. The Morgan fingerprint density at radius 1 is 1.00 bits per heavy atom. The number of nitrogens with zero attached hydrogens (tertiary/aromatic N) is 2. The Morgan fingerprint density at radius 3 is 2.11 bits per heavy atom. The fourth-order valence-electron chi connectivity index (χ4n) is 3.59. The molecule has 0 radical (unpaired) electrons. The van der Waals surface area contributed by atoms with E-state index in [9.17, 15) is 4.79 Å². The standard InChI is InChI=1S/C18H26N2O.C2H2O4/c1-13-11-15-5-4-6-17(18(21)16(15)12-14(13)2)20-9-7-19(3)8-10-20;3-1(4)2(5)6/h11-12,17H,4-10H2,1-3H3;(H,3,4)(H,5,6). The van der Waals surface area contributed by atoms with Crippen LogP contribution in [0.4, 0.5) is 0 Å². The van der Waals surface area contributed by atoms with Crippen LogP contribution in [0, 0.1) is 13.8 Å². The molecule has 1 unspecified atom stereocenters. The van der Waals surface area contributed by atoms with Crippen LogP contribution in [0.3, 0.4) is 0 Å². The minimum atomic E-state index is -1.82. The Balaban J connectivity index is 0.000000380. The van der Waals surface area contributed by atoms with E-state index in [-0.39, 0.29) is 6.04 Å². The van der Waals surface area contributed by atoms with Crippen molar-refractivity contribution in [2.24, 2.45) is 0 Å². The van der Waals surface area contributed by atoms with E-state index in [1.165, 1.54) is 16.7 Å².